The molecule has 124 valence electrons. The number of nitrogens with one attached hydrogen (secondary N) is 1. The Morgan fingerprint density at radius 1 is 1.12 bits per heavy atom. The first-order valence-corrected chi connectivity index (χ1v) is 9.44. The maximum absolute atomic E-state index is 4.12. The van der Waals surface area contributed by atoms with Crippen molar-refractivity contribution < 1.29 is 0 Å². The molecule has 1 aliphatic rings. The summed E-state index contributed by atoms with van der Waals surface area (Å²) in [6, 6.07) is 15.4. The van der Waals surface area contributed by atoms with E-state index >= 15 is 0 Å². The van der Waals surface area contributed by atoms with Gasteiger partial charge in [0.2, 0.25) is 0 Å². The summed E-state index contributed by atoms with van der Waals surface area (Å²) in [7, 11) is 0. The van der Waals surface area contributed by atoms with E-state index in [1.165, 1.54) is 42.4 Å². The first-order chi connectivity index (χ1) is 11.8. The van der Waals surface area contributed by atoms with Crippen LogP contribution in [0.1, 0.15) is 24.0 Å². The van der Waals surface area contributed by atoms with E-state index in [1.54, 1.807) is 0 Å². The number of benzene rings is 2. The molecule has 1 aliphatic heterocycles. The monoisotopic (exact) mass is 383 g/mol. The largest absolute Gasteiger partial charge is 0.299 e. The van der Waals surface area contributed by atoms with Gasteiger partial charge in [0.25, 0.3) is 0 Å². The summed E-state index contributed by atoms with van der Waals surface area (Å²) in [6.07, 6.45) is 5.72. The molecular formula is C20H22BrN3. The molecule has 4 rings (SSSR count). The highest BCUT2D eigenvalue weighted by molar-refractivity contribution is 9.10. The molecule has 1 fully saturated rings. The number of rotatable bonds is 4. The van der Waals surface area contributed by atoms with E-state index in [0.29, 0.717) is 0 Å². The van der Waals surface area contributed by atoms with E-state index in [1.807, 2.05) is 6.20 Å². The van der Waals surface area contributed by atoms with Crippen LogP contribution in [0.2, 0.25) is 0 Å². The van der Waals surface area contributed by atoms with Crippen molar-refractivity contribution >= 4 is 26.8 Å². The lowest BCUT2D eigenvalue weighted by atomic mass is 9.90. The van der Waals surface area contributed by atoms with Crippen LogP contribution >= 0.6 is 15.9 Å². The second kappa shape index (κ2) is 7.08. The van der Waals surface area contributed by atoms with Gasteiger partial charge in [-0.3, -0.25) is 10.00 Å². The van der Waals surface area contributed by atoms with E-state index in [4.69, 9.17) is 0 Å². The second-order valence-electron chi connectivity index (χ2n) is 6.87. The van der Waals surface area contributed by atoms with Crippen molar-refractivity contribution in [2.75, 3.05) is 13.1 Å². The number of aromatic amines is 1. The lowest BCUT2D eigenvalue weighted by Gasteiger charge is -2.33. The normalized spacial score (nSPS) is 19.0. The predicted octanol–water partition coefficient (Wildman–Crippen LogP) is 4.78. The molecule has 0 saturated carbocycles. The van der Waals surface area contributed by atoms with Gasteiger partial charge in [-0.15, -0.1) is 0 Å². The van der Waals surface area contributed by atoms with Crippen LogP contribution in [0.3, 0.4) is 0 Å². The number of piperidine rings is 1. The van der Waals surface area contributed by atoms with Crippen LogP contribution in [-0.2, 0) is 13.0 Å². The minimum atomic E-state index is 0.749. The first kappa shape index (κ1) is 15.9. The highest BCUT2D eigenvalue weighted by atomic mass is 79.9. The van der Waals surface area contributed by atoms with Gasteiger partial charge in [-0.25, -0.2) is 0 Å². The molecule has 0 radical (unpaired) electrons. The zero-order chi connectivity index (χ0) is 16.4. The van der Waals surface area contributed by atoms with Gasteiger partial charge < -0.3 is 0 Å². The molecule has 24 heavy (non-hydrogen) atoms. The number of hydrogen-bond acceptors (Lipinski definition) is 2. The number of fused-ring (bicyclic) bond motifs is 1. The third-order valence-electron chi connectivity index (χ3n) is 4.95. The zero-order valence-electron chi connectivity index (χ0n) is 13.7. The van der Waals surface area contributed by atoms with E-state index in [-0.39, 0.29) is 0 Å². The average Bonchev–Trinajstić information content (AvgIpc) is 3.05. The number of halogens is 1. The van der Waals surface area contributed by atoms with Gasteiger partial charge in [-0.1, -0.05) is 34.1 Å². The van der Waals surface area contributed by atoms with Gasteiger partial charge in [-0.2, -0.15) is 5.10 Å². The first-order valence-electron chi connectivity index (χ1n) is 8.65. The second-order valence-corrected chi connectivity index (χ2v) is 7.78. The molecular weight excluding hydrogens is 362 g/mol. The average molecular weight is 384 g/mol. The van der Waals surface area contributed by atoms with Crippen LogP contribution < -0.4 is 0 Å². The highest BCUT2D eigenvalue weighted by Gasteiger charge is 2.20. The van der Waals surface area contributed by atoms with Crippen molar-refractivity contribution in [3.63, 3.8) is 0 Å². The Kier molecular flexibility index (Phi) is 4.67. The fraction of sp³-hybridized carbons (Fsp3) is 0.350. The van der Waals surface area contributed by atoms with Crippen molar-refractivity contribution in [2.45, 2.75) is 25.8 Å². The van der Waals surface area contributed by atoms with E-state index in [9.17, 15) is 0 Å². The summed E-state index contributed by atoms with van der Waals surface area (Å²) in [4.78, 5) is 2.60. The van der Waals surface area contributed by atoms with E-state index in [2.05, 4.69) is 73.5 Å². The molecule has 1 atom stereocenters. The Morgan fingerprint density at radius 3 is 2.83 bits per heavy atom. The summed E-state index contributed by atoms with van der Waals surface area (Å²) in [5.41, 5.74) is 3.96. The van der Waals surface area contributed by atoms with Gasteiger partial charge >= 0.3 is 0 Å². The van der Waals surface area contributed by atoms with Crippen molar-refractivity contribution in [1.29, 1.82) is 0 Å². The van der Waals surface area contributed by atoms with Crippen LogP contribution in [0, 0.1) is 5.92 Å². The molecule has 0 unspecified atom stereocenters. The number of likely N-dealkylation sites (tertiary alicyclic amines) is 1. The number of nitrogens with zero attached hydrogens (tertiary/aromatic N) is 2. The Hall–Kier alpha value is -1.65. The molecule has 0 amide bonds. The molecule has 4 heteroatoms. The van der Waals surface area contributed by atoms with Gasteiger partial charge in [0.15, 0.2) is 0 Å². The molecule has 3 nitrogen and oxygen atoms in total. The number of aromatic nitrogens is 2. The summed E-state index contributed by atoms with van der Waals surface area (Å²) in [5, 5.41) is 8.36. The lowest BCUT2D eigenvalue weighted by Crippen LogP contribution is -2.35. The molecule has 0 bridgehead atoms. The molecule has 0 aliphatic carbocycles. The van der Waals surface area contributed by atoms with Gasteiger partial charge in [0, 0.05) is 22.9 Å². The Bertz CT molecular complexity index is 809. The SMILES string of the molecule is Brc1ccc(CN2CCC[C@@H](Cc3ccc4[nH]ncc4c3)C2)cc1. The van der Waals surface area contributed by atoms with Crippen molar-refractivity contribution in [1.82, 2.24) is 15.1 Å². The van der Waals surface area contributed by atoms with Crippen LogP contribution in [0.4, 0.5) is 0 Å². The standard InChI is InChI=1S/C20H22BrN3/c21-19-6-3-15(4-7-19)13-24-9-1-2-17(14-24)10-16-5-8-20-18(11-16)12-22-23-20/h3-8,11-12,17H,1-2,9-10,13-14H2,(H,22,23)/t17-/m0/s1. The van der Waals surface area contributed by atoms with Crippen LogP contribution in [-0.4, -0.2) is 28.2 Å². The molecule has 2 heterocycles. The zero-order valence-corrected chi connectivity index (χ0v) is 15.3. The van der Waals surface area contributed by atoms with Crippen LogP contribution in [0.5, 0.6) is 0 Å². The van der Waals surface area contributed by atoms with Crippen molar-refractivity contribution in [2.24, 2.45) is 5.92 Å². The summed E-state index contributed by atoms with van der Waals surface area (Å²) in [6.45, 7) is 3.47. The van der Waals surface area contributed by atoms with Crippen molar-refractivity contribution in [3.05, 3.63) is 64.3 Å². The van der Waals surface area contributed by atoms with Gasteiger partial charge in [-0.05, 0) is 67.1 Å². The minimum absolute atomic E-state index is 0.749. The van der Waals surface area contributed by atoms with E-state index < -0.39 is 0 Å². The Balaban J connectivity index is 1.39. The van der Waals surface area contributed by atoms with Gasteiger partial charge in [0.1, 0.15) is 0 Å². The van der Waals surface area contributed by atoms with Crippen LogP contribution in [0.25, 0.3) is 10.9 Å². The lowest BCUT2D eigenvalue weighted by molar-refractivity contribution is 0.167. The Labute approximate surface area is 151 Å². The molecule has 1 aromatic heterocycles. The summed E-state index contributed by atoms with van der Waals surface area (Å²) in [5.74, 6) is 0.749. The molecule has 0 spiro atoms. The molecule has 1 saturated heterocycles. The van der Waals surface area contributed by atoms with E-state index in [0.717, 1.165) is 28.9 Å². The quantitative estimate of drug-likeness (QED) is 0.702. The number of H-pyrrole nitrogens is 1. The predicted molar refractivity (Wildman–Crippen MR) is 102 cm³/mol. The summed E-state index contributed by atoms with van der Waals surface area (Å²) < 4.78 is 1.15. The third kappa shape index (κ3) is 3.70. The molecule has 3 aromatic rings. The molecule has 2 aromatic carbocycles. The summed E-state index contributed by atoms with van der Waals surface area (Å²) >= 11 is 3.51. The highest BCUT2D eigenvalue weighted by Crippen LogP contribution is 2.24. The third-order valence-corrected chi connectivity index (χ3v) is 5.48. The topological polar surface area (TPSA) is 31.9 Å². The van der Waals surface area contributed by atoms with Gasteiger partial charge in [0.05, 0.1) is 11.7 Å². The molecule has 1 N–H and O–H groups in total. The maximum atomic E-state index is 4.12. The maximum Gasteiger partial charge on any atom is 0.0650 e. The van der Waals surface area contributed by atoms with Crippen molar-refractivity contribution in [3.8, 4) is 0 Å². The Morgan fingerprint density at radius 2 is 1.96 bits per heavy atom. The smallest absolute Gasteiger partial charge is 0.0650 e. The minimum Gasteiger partial charge on any atom is -0.299 e. The van der Waals surface area contributed by atoms with Crippen LogP contribution in [0.15, 0.2) is 53.1 Å². The fourth-order valence-electron chi connectivity index (χ4n) is 3.76. The number of hydrogen-bond donors (Lipinski definition) is 1. The fourth-order valence-corrected chi connectivity index (χ4v) is 4.03.